The van der Waals surface area contributed by atoms with Crippen LogP contribution in [0.15, 0.2) is 23.9 Å². The van der Waals surface area contributed by atoms with E-state index in [9.17, 15) is 9.90 Å². The van der Waals surface area contributed by atoms with Crippen LogP contribution in [-0.4, -0.2) is 58.8 Å². The maximum atomic E-state index is 13.3. The van der Waals surface area contributed by atoms with Crippen molar-refractivity contribution in [1.29, 1.82) is 0 Å². The lowest BCUT2D eigenvalue weighted by molar-refractivity contribution is -0.142. The molecule has 5 nitrogen and oxygen atoms in total. The Balaban J connectivity index is 1.45. The summed E-state index contributed by atoms with van der Waals surface area (Å²) in [6.07, 6.45) is 13.2. The highest BCUT2D eigenvalue weighted by Gasteiger charge is 2.51. The molecule has 0 radical (unpaired) electrons. The lowest BCUT2D eigenvalue weighted by Gasteiger charge is -2.43. The molecule has 0 bridgehead atoms. The van der Waals surface area contributed by atoms with Gasteiger partial charge in [-0.1, -0.05) is 5.57 Å². The highest BCUT2D eigenvalue weighted by molar-refractivity contribution is 5.85. The summed E-state index contributed by atoms with van der Waals surface area (Å²) in [6, 6.07) is 0.350. The molecule has 1 amide bonds. The van der Waals surface area contributed by atoms with Crippen molar-refractivity contribution >= 4 is 5.91 Å². The average Bonchev–Trinajstić information content (AvgIpc) is 2.92. The molecular weight excluding hydrogens is 314 g/mol. The third kappa shape index (κ3) is 3.24. The minimum absolute atomic E-state index is 0.159. The monoisotopic (exact) mass is 345 g/mol. The number of amides is 1. The smallest absolute Gasteiger partial charge is 0.230 e. The van der Waals surface area contributed by atoms with E-state index in [-0.39, 0.29) is 17.7 Å². The molecule has 1 aliphatic carbocycles. The second-order valence-electron chi connectivity index (χ2n) is 8.42. The fourth-order valence-electron chi connectivity index (χ4n) is 5.19. The third-order valence-electron chi connectivity index (χ3n) is 6.69. The van der Waals surface area contributed by atoms with Crippen LogP contribution < -0.4 is 5.32 Å². The number of hydrogen-bond donors (Lipinski definition) is 2. The number of aliphatic hydroxyl groups is 1. The van der Waals surface area contributed by atoms with E-state index in [0.29, 0.717) is 11.9 Å². The summed E-state index contributed by atoms with van der Waals surface area (Å²) in [6.45, 7) is 4.96. The van der Waals surface area contributed by atoms with Gasteiger partial charge in [0.1, 0.15) is 0 Å². The van der Waals surface area contributed by atoms with Crippen LogP contribution in [0.4, 0.5) is 0 Å². The number of likely N-dealkylation sites (tertiary alicyclic amines) is 2. The van der Waals surface area contributed by atoms with Crippen molar-refractivity contribution in [1.82, 2.24) is 15.1 Å². The van der Waals surface area contributed by atoms with Crippen LogP contribution >= 0.6 is 0 Å². The number of nitrogens with zero attached hydrogens (tertiary/aromatic N) is 2. The molecule has 2 saturated heterocycles. The van der Waals surface area contributed by atoms with Gasteiger partial charge in [-0.15, -0.1) is 0 Å². The standard InChI is InChI=1S/C20H31N3O2/c1-15-7-10-21-18(13-15)22-11-2-8-20(14-22)9-12-23(19(20)25)16-3-5-17(24)6-4-16/h7,10,13,16-18,21,24H,2-6,8-9,11-12,14H2,1H3/t16?,17?,18?,20-/m1/s1. The van der Waals surface area contributed by atoms with Crippen LogP contribution in [0.5, 0.6) is 0 Å². The molecule has 1 unspecified atom stereocenters. The topological polar surface area (TPSA) is 55.8 Å². The predicted molar refractivity (Wildman–Crippen MR) is 97.7 cm³/mol. The third-order valence-corrected chi connectivity index (χ3v) is 6.69. The zero-order chi connectivity index (χ0) is 17.4. The van der Waals surface area contributed by atoms with Gasteiger partial charge in [-0.25, -0.2) is 0 Å². The van der Waals surface area contributed by atoms with E-state index in [0.717, 1.165) is 64.6 Å². The van der Waals surface area contributed by atoms with Crippen LogP contribution in [0.25, 0.3) is 0 Å². The first kappa shape index (κ1) is 17.1. The molecule has 3 aliphatic heterocycles. The fourth-order valence-corrected chi connectivity index (χ4v) is 5.19. The minimum Gasteiger partial charge on any atom is -0.393 e. The van der Waals surface area contributed by atoms with Gasteiger partial charge in [0.15, 0.2) is 0 Å². The Bertz CT molecular complexity index is 579. The Morgan fingerprint density at radius 1 is 1.20 bits per heavy atom. The van der Waals surface area contributed by atoms with E-state index in [1.807, 2.05) is 6.20 Å². The number of carbonyl (C=O) groups excluding carboxylic acids is 1. The van der Waals surface area contributed by atoms with Gasteiger partial charge in [0, 0.05) is 25.7 Å². The van der Waals surface area contributed by atoms with E-state index in [1.54, 1.807) is 0 Å². The van der Waals surface area contributed by atoms with Gasteiger partial charge in [-0.3, -0.25) is 9.69 Å². The van der Waals surface area contributed by atoms with Crippen molar-refractivity contribution in [3.05, 3.63) is 23.9 Å². The van der Waals surface area contributed by atoms with Gasteiger partial charge < -0.3 is 15.3 Å². The SMILES string of the molecule is CC1=CC(N2CCC[C@@]3(CCN(C4CCC(O)CC4)C3=O)C2)NC=C1. The first-order chi connectivity index (χ1) is 12.1. The zero-order valence-corrected chi connectivity index (χ0v) is 15.3. The second kappa shape index (κ2) is 6.76. The summed E-state index contributed by atoms with van der Waals surface area (Å²) in [5.74, 6) is 0.380. The second-order valence-corrected chi connectivity index (χ2v) is 8.42. The Morgan fingerprint density at radius 2 is 2.00 bits per heavy atom. The van der Waals surface area contributed by atoms with Gasteiger partial charge in [-0.2, -0.15) is 0 Å². The molecule has 1 saturated carbocycles. The molecule has 3 fully saturated rings. The number of carbonyl (C=O) groups is 1. The van der Waals surface area contributed by atoms with Crippen LogP contribution in [0.2, 0.25) is 0 Å². The van der Waals surface area contributed by atoms with Gasteiger partial charge in [0.05, 0.1) is 17.7 Å². The van der Waals surface area contributed by atoms with E-state index >= 15 is 0 Å². The van der Waals surface area contributed by atoms with Gasteiger partial charge in [0.25, 0.3) is 0 Å². The van der Waals surface area contributed by atoms with Crippen LogP contribution in [0.3, 0.4) is 0 Å². The number of allylic oxidation sites excluding steroid dienone is 2. The Morgan fingerprint density at radius 3 is 2.76 bits per heavy atom. The highest BCUT2D eigenvalue weighted by atomic mass is 16.3. The molecule has 0 aromatic heterocycles. The Labute approximate surface area is 150 Å². The lowest BCUT2D eigenvalue weighted by Crippen LogP contribution is -2.55. The van der Waals surface area contributed by atoms with Crippen molar-refractivity contribution in [2.75, 3.05) is 19.6 Å². The maximum Gasteiger partial charge on any atom is 0.230 e. The van der Waals surface area contributed by atoms with E-state index in [2.05, 4.69) is 34.2 Å². The molecule has 0 aromatic carbocycles. The van der Waals surface area contributed by atoms with Gasteiger partial charge in [-0.05, 0) is 70.2 Å². The number of nitrogens with one attached hydrogen (secondary N) is 1. The van der Waals surface area contributed by atoms with Crippen LogP contribution in [0.1, 0.15) is 51.9 Å². The van der Waals surface area contributed by atoms with Crippen molar-refractivity contribution in [3.8, 4) is 0 Å². The van der Waals surface area contributed by atoms with Crippen molar-refractivity contribution < 1.29 is 9.90 Å². The predicted octanol–water partition coefficient (Wildman–Crippen LogP) is 1.99. The number of dihydropyridines is 1. The molecule has 138 valence electrons. The van der Waals surface area contributed by atoms with Crippen LogP contribution in [-0.2, 0) is 4.79 Å². The summed E-state index contributed by atoms with van der Waals surface area (Å²) in [5, 5.41) is 13.2. The molecule has 2 N–H and O–H groups in total. The fraction of sp³-hybridized carbons (Fsp3) is 0.750. The summed E-state index contributed by atoms with van der Waals surface area (Å²) < 4.78 is 0. The molecule has 5 heteroatoms. The largest absolute Gasteiger partial charge is 0.393 e. The molecular formula is C20H31N3O2. The van der Waals surface area contributed by atoms with Crippen molar-refractivity contribution in [2.24, 2.45) is 5.41 Å². The summed E-state index contributed by atoms with van der Waals surface area (Å²) in [4.78, 5) is 17.9. The number of rotatable bonds is 2. The normalized spacial score (nSPS) is 39.6. The lowest BCUT2D eigenvalue weighted by atomic mass is 9.78. The van der Waals surface area contributed by atoms with Gasteiger partial charge in [0.2, 0.25) is 5.91 Å². The first-order valence-electron chi connectivity index (χ1n) is 9.92. The van der Waals surface area contributed by atoms with Crippen molar-refractivity contribution in [3.63, 3.8) is 0 Å². The number of piperidine rings is 1. The van der Waals surface area contributed by atoms with E-state index < -0.39 is 0 Å². The minimum atomic E-state index is -0.182. The van der Waals surface area contributed by atoms with E-state index in [4.69, 9.17) is 0 Å². The average molecular weight is 345 g/mol. The molecule has 4 rings (SSSR count). The molecule has 3 heterocycles. The number of aliphatic hydroxyl groups excluding tert-OH is 1. The summed E-state index contributed by atoms with van der Waals surface area (Å²) in [7, 11) is 0. The maximum absolute atomic E-state index is 13.3. The Hall–Kier alpha value is -1.33. The molecule has 2 atom stereocenters. The molecule has 0 aromatic rings. The summed E-state index contributed by atoms with van der Waals surface area (Å²) >= 11 is 0. The van der Waals surface area contributed by atoms with Gasteiger partial charge >= 0.3 is 0 Å². The van der Waals surface area contributed by atoms with Crippen LogP contribution in [0, 0.1) is 5.41 Å². The molecule has 1 spiro atoms. The Kier molecular flexibility index (Phi) is 4.63. The molecule has 4 aliphatic rings. The van der Waals surface area contributed by atoms with E-state index in [1.165, 1.54) is 5.57 Å². The highest BCUT2D eigenvalue weighted by Crippen LogP contribution is 2.43. The zero-order valence-electron chi connectivity index (χ0n) is 15.3. The molecule has 25 heavy (non-hydrogen) atoms. The first-order valence-corrected chi connectivity index (χ1v) is 9.92. The quantitative estimate of drug-likeness (QED) is 0.804. The number of hydrogen-bond acceptors (Lipinski definition) is 4. The summed E-state index contributed by atoms with van der Waals surface area (Å²) in [5.41, 5.74) is 1.10. The van der Waals surface area contributed by atoms with Crippen molar-refractivity contribution in [2.45, 2.75) is 70.2 Å².